The lowest BCUT2D eigenvalue weighted by Gasteiger charge is -2.24. The van der Waals surface area contributed by atoms with Crippen LogP contribution < -0.4 is 5.73 Å². The maximum Gasteiger partial charge on any atom is 0.153 e. The van der Waals surface area contributed by atoms with Crippen LogP contribution in [0.25, 0.3) is 0 Å². The van der Waals surface area contributed by atoms with Crippen LogP contribution in [0.3, 0.4) is 0 Å². The van der Waals surface area contributed by atoms with Crippen molar-refractivity contribution in [2.75, 3.05) is 11.5 Å². The van der Waals surface area contributed by atoms with Gasteiger partial charge in [0.2, 0.25) is 0 Å². The minimum Gasteiger partial charge on any atom is -0.387 e. The molecule has 0 aromatic rings. The highest BCUT2D eigenvalue weighted by molar-refractivity contribution is 7.91. The van der Waals surface area contributed by atoms with Crippen LogP contribution in [0.5, 0.6) is 0 Å². The molecule has 0 spiro atoms. The molecule has 3 N–H and O–H groups in total. The van der Waals surface area contributed by atoms with Gasteiger partial charge in [-0.3, -0.25) is 0 Å². The van der Waals surface area contributed by atoms with Crippen LogP contribution in [0.4, 0.5) is 0 Å². The fraction of sp³-hybridized carbons (Fsp3) is 1.00. The maximum atomic E-state index is 10.9. The summed E-state index contributed by atoms with van der Waals surface area (Å²) in [7, 11) is -3.03. The van der Waals surface area contributed by atoms with E-state index < -0.39 is 21.5 Å². The van der Waals surface area contributed by atoms with Crippen molar-refractivity contribution in [3.05, 3.63) is 0 Å². The summed E-state index contributed by atoms with van der Waals surface area (Å²) in [6.45, 7) is 1.63. The zero-order valence-corrected chi connectivity index (χ0v) is 7.26. The second kappa shape index (κ2) is 2.43. The Bertz CT molecular complexity index is 247. The molecule has 0 aliphatic carbocycles. The molecular formula is C6H13NO3S. The average Bonchev–Trinajstić information content (AvgIpc) is 2.08. The summed E-state index contributed by atoms with van der Waals surface area (Å²) in [5.41, 5.74) is 4.26. The summed E-state index contributed by atoms with van der Waals surface area (Å²) in [5.74, 6) is -0.122. The highest BCUT2D eigenvalue weighted by Gasteiger charge is 2.43. The molecule has 66 valence electrons. The van der Waals surface area contributed by atoms with E-state index in [1.807, 2.05) is 0 Å². The van der Waals surface area contributed by atoms with Crippen LogP contribution >= 0.6 is 0 Å². The Morgan fingerprint density at radius 3 is 2.36 bits per heavy atom. The lowest BCUT2D eigenvalue weighted by Crippen LogP contribution is -2.46. The highest BCUT2D eigenvalue weighted by Crippen LogP contribution is 2.25. The predicted octanol–water partition coefficient (Wildman–Crippen LogP) is -1.12. The van der Waals surface area contributed by atoms with Crippen molar-refractivity contribution in [3.8, 4) is 0 Å². The molecule has 1 rings (SSSR count). The number of hydrogen-bond acceptors (Lipinski definition) is 4. The van der Waals surface area contributed by atoms with Crippen molar-refractivity contribution >= 4 is 9.84 Å². The molecule has 0 saturated carbocycles. The second-order valence-corrected chi connectivity index (χ2v) is 5.42. The Morgan fingerprint density at radius 2 is 2.18 bits per heavy atom. The molecule has 2 atom stereocenters. The quantitative estimate of drug-likeness (QED) is 0.534. The monoisotopic (exact) mass is 179 g/mol. The maximum absolute atomic E-state index is 10.9. The first-order valence-electron chi connectivity index (χ1n) is 3.54. The van der Waals surface area contributed by atoms with E-state index in [0.29, 0.717) is 0 Å². The molecule has 11 heavy (non-hydrogen) atoms. The van der Waals surface area contributed by atoms with Crippen molar-refractivity contribution in [3.63, 3.8) is 0 Å². The minimum absolute atomic E-state index is 0.0606. The number of rotatable bonds is 1. The molecular weight excluding hydrogens is 166 g/mol. The molecule has 0 aromatic carbocycles. The van der Waals surface area contributed by atoms with Crippen LogP contribution in [0, 0.1) is 0 Å². The van der Waals surface area contributed by atoms with Crippen LogP contribution in [0.2, 0.25) is 0 Å². The normalized spacial score (nSPS) is 38.8. The lowest BCUT2D eigenvalue weighted by molar-refractivity contribution is 0.0460. The molecule has 1 aliphatic heterocycles. The van der Waals surface area contributed by atoms with Gasteiger partial charge in [0.1, 0.15) is 0 Å². The van der Waals surface area contributed by atoms with Crippen LogP contribution in [0.1, 0.15) is 13.3 Å². The molecule has 1 aliphatic rings. The third kappa shape index (κ3) is 1.72. The summed E-state index contributed by atoms with van der Waals surface area (Å²) in [6.07, 6.45) is 0.271. The molecule has 0 aromatic heterocycles. The molecule has 0 amide bonds. The van der Waals surface area contributed by atoms with Gasteiger partial charge >= 0.3 is 0 Å². The third-order valence-corrected chi connectivity index (χ3v) is 3.93. The average molecular weight is 179 g/mol. The minimum atomic E-state index is -3.03. The molecule has 5 heteroatoms. The number of sulfone groups is 1. The fourth-order valence-electron chi connectivity index (χ4n) is 1.22. The van der Waals surface area contributed by atoms with E-state index in [9.17, 15) is 13.5 Å². The van der Waals surface area contributed by atoms with Gasteiger partial charge in [-0.25, -0.2) is 8.42 Å². The van der Waals surface area contributed by atoms with E-state index in [1.165, 1.54) is 0 Å². The summed E-state index contributed by atoms with van der Waals surface area (Å²) in [6, 6.07) is -0.472. The third-order valence-electron chi connectivity index (χ3n) is 2.16. The second-order valence-electron chi connectivity index (χ2n) is 3.23. The molecule has 1 saturated heterocycles. The highest BCUT2D eigenvalue weighted by atomic mass is 32.2. The van der Waals surface area contributed by atoms with Gasteiger partial charge in [-0.1, -0.05) is 0 Å². The Balaban J connectivity index is 2.82. The van der Waals surface area contributed by atoms with Crippen LogP contribution in [-0.4, -0.2) is 36.7 Å². The van der Waals surface area contributed by atoms with E-state index >= 15 is 0 Å². The van der Waals surface area contributed by atoms with Gasteiger partial charge in [-0.15, -0.1) is 0 Å². The van der Waals surface area contributed by atoms with Crippen molar-refractivity contribution in [2.24, 2.45) is 5.73 Å². The van der Waals surface area contributed by atoms with Gasteiger partial charge in [-0.2, -0.15) is 0 Å². The smallest absolute Gasteiger partial charge is 0.153 e. The number of hydrogen-bond donors (Lipinski definition) is 2. The standard InChI is InChI=1S/C6H13NO3S/c1-5(7)6(8)2-3-11(9,10)4-6/h5,8H,2-4,7H2,1H3. The van der Waals surface area contributed by atoms with Crippen molar-refractivity contribution in [1.29, 1.82) is 0 Å². The molecule has 0 radical (unpaired) electrons. The van der Waals surface area contributed by atoms with E-state index in [1.54, 1.807) is 6.92 Å². The zero-order chi connectivity index (χ0) is 8.70. The molecule has 2 unspecified atom stereocenters. The number of nitrogens with two attached hydrogens (primary N) is 1. The summed E-state index contributed by atoms with van der Waals surface area (Å²) in [5, 5.41) is 9.60. The Kier molecular flexibility index (Phi) is 1.98. The Hall–Kier alpha value is -0.130. The van der Waals surface area contributed by atoms with E-state index in [-0.39, 0.29) is 17.9 Å². The van der Waals surface area contributed by atoms with Crippen molar-refractivity contribution in [2.45, 2.75) is 25.0 Å². The Labute approximate surface area is 66.3 Å². The van der Waals surface area contributed by atoms with Gasteiger partial charge in [0.15, 0.2) is 9.84 Å². The van der Waals surface area contributed by atoms with Crippen LogP contribution in [-0.2, 0) is 9.84 Å². The largest absolute Gasteiger partial charge is 0.387 e. The molecule has 0 bridgehead atoms. The molecule has 1 heterocycles. The van der Waals surface area contributed by atoms with Gasteiger partial charge in [0.25, 0.3) is 0 Å². The van der Waals surface area contributed by atoms with Gasteiger partial charge in [-0.05, 0) is 13.3 Å². The summed E-state index contributed by atoms with van der Waals surface area (Å²) >= 11 is 0. The van der Waals surface area contributed by atoms with Gasteiger partial charge in [0, 0.05) is 6.04 Å². The zero-order valence-electron chi connectivity index (χ0n) is 6.45. The lowest BCUT2D eigenvalue weighted by atomic mass is 9.96. The first-order chi connectivity index (χ1) is 4.86. The summed E-state index contributed by atoms with van der Waals surface area (Å²) in [4.78, 5) is 0. The first-order valence-corrected chi connectivity index (χ1v) is 5.36. The fourth-order valence-corrected chi connectivity index (χ4v) is 3.19. The van der Waals surface area contributed by atoms with Gasteiger partial charge in [0.05, 0.1) is 17.1 Å². The Morgan fingerprint density at radius 1 is 1.64 bits per heavy atom. The SMILES string of the molecule is CC(N)C1(O)CCS(=O)(=O)C1. The summed E-state index contributed by atoms with van der Waals surface area (Å²) < 4.78 is 21.9. The van der Waals surface area contributed by atoms with E-state index in [4.69, 9.17) is 5.73 Å². The molecule has 4 nitrogen and oxygen atoms in total. The van der Waals surface area contributed by atoms with E-state index in [0.717, 1.165) is 0 Å². The first kappa shape index (κ1) is 8.96. The van der Waals surface area contributed by atoms with Crippen LogP contribution in [0.15, 0.2) is 0 Å². The van der Waals surface area contributed by atoms with Crippen molar-refractivity contribution < 1.29 is 13.5 Å². The van der Waals surface area contributed by atoms with Crippen molar-refractivity contribution in [1.82, 2.24) is 0 Å². The topological polar surface area (TPSA) is 80.4 Å². The number of aliphatic hydroxyl groups is 1. The van der Waals surface area contributed by atoms with Gasteiger partial charge < -0.3 is 10.8 Å². The molecule has 1 fully saturated rings. The predicted molar refractivity (Wildman–Crippen MR) is 41.9 cm³/mol. The van der Waals surface area contributed by atoms with E-state index in [2.05, 4.69) is 0 Å².